The minimum absolute atomic E-state index is 0.0523. The Morgan fingerprint density at radius 2 is 1.70 bits per heavy atom. The first kappa shape index (κ1) is 22.5. The molecule has 1 N–H and O–H groups in total. The number of rotatable bonds is 8. The smallest absolute Gasteiger partial charge is 0.224 e. The SMILES string of the molecule is COc1cc(-n2cnc(Nc3nc(Cl)nc4cc(OC(C)C)ccc34)c2)cc(OC)c1OC. The molecule has 0 bridgehead atoms. The molecule has 0 aliphatic carbocycles. The fourth-order valence-electron chi connectivity index (χ4n) is 3.39. The van der Waals surface area contributed by atoms with Crippen LogP contribution in [0.5, 0.6) is 23.0 Å². The number of aromatic nitrogens is 4. The molecule has 0 atom stereocenters. The van der Waals surface area contributed by atoms with Gasteiger partial charge in [-0.05, 0) is 37.6 Å². The van der Waals surface area contributed by atoms with E-state index >= 15 is 0 Å². The van der Waals surface area contributed by atoms with Crippen molar-refractivity contribution < 1.29 is 18.9 Å². The van der Waals surface area contributed by atoms with Crippen LogP contribution >= 0.6 is 11.6 Å². The van der Waals surface area contributed by atoms with Crippen molar-refractivity contribution in [3.05, 3.63) is 48.1 Å². The maximum atomic E-state index is 6.18. The standard InChI is InChI=1S/C23H24ClN5O4/c1-13(2)33-15-6-7-16-17(10-15)26-23(24)28-22(16)27-20-11-29(12-25-20)14-8-18(30-3)21(32-5)19(9-14)31-4/h6-13H,1-5H3,(H,26,27,28). The van der Waals surface area contributed by atoms with Gasteiger partial charge in [-0.3, -0.25) is 0 Å². The van der Waals surface area contributed by atoms with Crippen molar-refractivity contribution in [3.63, 3.8) is 0 Å². The number of nitrogens with one attached hydrogen (secondary N) is 1. The summed E-state index contributed by atoms with van der Waals surface area (Å²) in [6.45, 7) is 3.93. The van der Waals surface area contributed by atoms with E-state index in [1.165, 1.54) is 0 Å². The molecule has 0 spiro atoms. The lowest BCUT2D eigenvalue weighted by Gasteiger charge is -2.14. The average molecular weight is 470 g/mol. The van der Waals surface area contributed by atoms with Crippen molar-refractivity contribution in [1.29, 1.82) is 0 Å². The molecule has 0 aliphatic heterocycles. The first-order chi connectivity index (χ1) is 15.9. The summed E-state index contributed by atoms with van der Waals surface area (Å²) < 4.78 is 23.9. The number of nitrogens with zero attached hydrogens (tertiary/aromatic N) is 4. The molecule has 9 nitrogen and oxygen atoms in total. The number of anilines is 2. The van der Waals surface area contributed by atoms with Gasteiger partial charge in [-0.2, -0.15) is 4.98 Å². The molecule has 33 heavy (non-hydrogen) atoms. The molecule has 2 aromatic heterocycles. The topological polar surface area (TPSA) is 92.6 Å². The van der Waals surface area contributed by atoms with E-state index in [1.54, 1.807) is 27.7 Å². The highest BCUT2D eigenvalue weighted by Crippen LogP contribution is 2.39. The largest absolute Gasteiger partial charge is 0.493 e. The van der Waals surface area contributed by atoms with E-state index in [0.717, 1.165) is 11.1 Å². The van der Waals surface area contributed by atoms with Crippen molar-refractivity contribution in [2.24, 2.45) is 0 Å². The molecule has 4 rings (SSSR count). The predicted molar refractivity (Wildman–Crippen MR) is 127 cm³/mol. The zero-order chi connectivity index (χ0) is 23.5. The van der Waals surface area contributed by atoms with Crippen LogP contribution in [0, 0.1) is 0 Å². The second-order valence-corrected chi connectivity index (χ2v) is 7.70. The highest BCUT2D eigenvalue weighted by Gasteiger charge is 2.15. The van der Waals surface area contributed by atoms with E-state index in [-0.39, 0.29) is 11.4 Å². The van der Waals surface area contributed by atoms with E-state index in [2.05, 4.69) is 20.3 Å². The average Bonchev–Trinajstić information content (AvgIpc) is 3.25. The second kappa shape index (κ2) is 9.41. The van der Waals surface area contributed by atoms with Crippen LogP contribution in [0.3, 0.4) is 0 Å². The Balaban J connectivity index is 1.67. The van der Waals surface area contributed by atoms with Crippen molar-refractivity contribution in [1.82, 2.24) is 19.5 Å². The van der Waals surface area contributed by atoms with E-state index in [1.807, 2.05) is 54.9 Å². The summed E-state index contributed by atoms with van der Waals surface area (Å²) in [6, 6.07) is 9.27. The van der Waals surface area contributed by atoms with Crippen molar-refractivity contribution >= 4 is 34.1 Å². The fourth-order valence-corrected chi connectivity index (χ4v) is 3.56. The minimum atomic E-state index is 0.0523. The summed E-state index contributed by atoms with van der Waals surface area (Å²) in [4.78, 5) is 13.1. The Morgan fingerprint density at radius 1 is 0.970 bits per heavy atom. The van der Waals surface area contributed by atoms with Crippen LogP contribution in [-0.4, -0.2) is 47.0 Å². The molecule has 10 heteroatoms. The van der Waals surface area contributed by atoms with E-state index in [4.69, 9.17) is 30.5 Å². The van der Waals surface area contributed by atoms with Crippen LogP contribution in [0.25, 0.3) is 16.6 Å². The van der Waals surface area contributed by atoms with Gasteiger partial charge in [0, 0.05) is 23.6 Å². The Morgan fingerprint density at radius 3 is 2.33 bits per heavy atom. The molecule has 4 aromatic rings. The molecule has 172 valence electrons. The third-order valence-electron chi connectivity index (χ3n) is 4.79. The lowest BCUT2D eigenvalue weighted by molar-refractivity contribution is 0.242. The van der Waals surface area contributed by atoms with Crippen molar-refractivity contribution in [3.8, 4) is 28.7 Å². The Kier molecular flexibility index (Phi) is 6.41. The monoisotopic (exact) mass is 469 g/mol. The van der Waals surface area contributed by atoms with Crippen LogP contribution < -0.4 is 24.3 Å². The van der Waals surface area contributed by atoms with Crippen LogP contribution in [0.4, 0.5) is 11.6 Å². The highest BCUT2D eigenvalue weighted by atomic mass is 35.5. The molecular weight excluding hydrogens is 446 g/mol. The van der Waals surface area contributed by atoms with Gasteiger partial charge in [0.25, 0.3) is 0 Å². The summed E-state index contributed by atoms with van der Waals surface area (Å²) in [7, 11) is 4.71. The number of fused-ring (bicyclic) bond motifs is 1. The van der Waals surface area contributed by atoms with Gasteiger partial charge in [0.2, 0.25) is 11.0 Å². The Labute approximate surface area is 196 Å². The minimum Gasteiger partial charge on any atom is -0.493 e. The number of hydrogen-bond acceptors (Lipinski definition) is 8. The summed E-state index contributed by atoms with van der Waals surface area (Å²) in [6.07, 6.45) is 3.54. The number of hydrogen-bond donors (Lipinski definition) is 1. The predicted octanol–water partition coefficient (Wildman–Crippen LogP) is 5.03. The first-order valence-electron chi connectivity index (χ1n) is 10.2. The summed E-state index contributed by atoms with van der Waals surface area (Å²) in [5, 5.41) is 4.13. The number of methoxy groups -OCH3 is 3. The summed E-state index contributed by atoms with van der Waals surface area (Å²) in [5.41, 5.74) is 1.45. The second-order valence-electron chi connectivity index (χ2n) is 7.36. The summed E-state index contributed by atoms with van der Waals surface area (Å²) >= 11 is 6.18. The molecule has 0 saturated heterocycles. The van der Waals surface area contributed by atoms with Crippen LogP contribution in [0.15, 0.2) is 42.9 Å². The van der Waals surface area contributed by atoms with Gasteiger partial charge in [0.15, 0.2) is 11.5 Å². The van der Waals surface area contributed by atoms with Crippen LogP contribution in [0.1, 0.15) is 13.8 Å². The van der Waals surface area contributed by atoms with Crippen LogP contribution in [-0.2, 0) is 0 Å². The van der Waals surface area contributed by atoms with Gasteiger partial charge in [-0.1, -0.05) is 0 Å². The van der Waals surface area contributed by atoms with Gasteiger partial charge in [0.1, 0.15) is 23.7 Å². The zero-order valence-electron chi connectivity index (χ0n) is 18.9. The van der Waals surface area contributed by atoms with Gasteiger partial charge in [-0.15, -0.1) is 0 Å². The number of ether oxygens (including phenoxy) is 4. The number of benzene rings is 2. The zero-order valence-corrected chi connectivity index (χ0v) is 19.7. The maximum absolute atomic E-state index is 6.18. The first-order valence-corrected chi connectivity index (χ1v) is 10.5. The van der Waals surface area contributed by atoms with E-state index < -0.39 is 0 Å². The molecule has 0 aliphatic rings. The van der Waals surface area contributed by atoms with Crippen molar-refractivity contribution in [2.75, 3.05) is 26.6 Å². The molecule has 0 unspecified atom stereocenters. The molecule has 0 saturated carbocycles. The lowest BCUT2D eigenvalue weighted by atomic mass is 10.2. The third-order valence-corrected chi connectivity index (χ3v) is 4.96. The van der Waals surface area contributed by atoms with Crippen LogP contribution in [0.2, 0.25) is 5.28 Å². The Bertz CT molecular complexity index is 1270. The quantitative estimate of drug-likeness (QED) is 0.359. The fraction of sp³-hybridized carbons (Fsp3) is 0.261. The van der Waals surface area contributed by atoms with E-state index in [9.17, 15) is 0 Å². The van der Waals surface area contributed by atoms with Crippen molar-refractivity contribution in [2.45, 2.75) is 20.0 Å². The number of imidazole rings is 1. The molecule has 2 aromatic carbocycles. The maximum Gasteiger partial charge on any atom is 0.224 e. The summed E-state index contributed by atoms with van der Waals surface area (Å²) in [5.74, 6) is 3.43. The molecule has 0 amide bonds. The van der Waals surface area contributed by atoms with Gasteiger partial charge < -0.3 is 28.8 Å². The highest BCUT2D eigenvalue weighted by molar-refractivity contribution is 6.28. The van der Waals surface area contributed by atoms with Gasteiger partial charge in [-0.25, -0.2) is 9.97 Å². The molecule has 0 radical (unpaired) electrons. The lowest BCUT2D eigenvalue weighted by Crippen LogP contribution is -2.05. The number of halogens is 1. The van der Waals surface area contributed by atoms with E-state index in [0.29, 0.717) is 40.2 Å². The van der Waals surface area contributed by atoms with Gasteiger partial charge in [0.05, 0.1) is 44.8 Å². The molecular formula is C23H24ClN5O4. The molecule has 2 heterocycles. The normalized spacial score (nSPS) is 11.0. The Hall–Kier alpha value is -3.72. The third kappa shape index (κ3) is 4.73. The molecule has 0 fully saturated rings. The van der Waals surface area contributed by atoms with Gasteiger partial charge >= 0.3 is 0 Å².